The second kappa shape index (κ2) is 6.35. The molecule has 1 N–H and O–H groups in total. The summed E-state index contributed by atoms with van der Waals surface area (Å²) in [5, 5.41) is 10.5. The van der Waals surface area contributed by atoms with Crippen LogP contribution in [-0.4, -0.2) is 45.6 Å². The van der Waals surface area contributed by atoms with E-state index >= 15 is 0 Å². The van der Waals surface area contributed by atoms with Gasteiger partial charge in [0.25, 0.3) is 5.91 Å². The highest BCUT2D eigenvalue weighted by atomic mass is 32.2. The lowest BCUT2D eigenvalue weighted by Crippen LogP contribution is -2.15. The summed E-state index contributed by atoms with van der Waals surface area (Å²) in [4.78, 5) is 21.9. The van der Waals surface area contributed by atoms with Crippen LogP contribution < -0.4 is 5.32 Å². The first-order valence-corrected chi connectivity index (χ1v) is 11.9. The lowest BCUT2D eigenvalue weighted by Gasteiger charge is -2.11. The summed E-state index contributed by atoms with van der Waals surface area (Å²) in [6.45, 7) is 1.83. The Morgan fingerprint density at radius 3 is 2.79 bits per heavy atom. The van der Waals surface area contributed by atoms with Crippen molar-refractivity contribution in [1.82, 2.24) is 19.7 Å². The van der Waals surface area contributed by atoms with Crippen LogP contribution in [0.15, 0.2) is 17.6 Å². The highest BCUT2D eigenvalue weighted by Crippen LogP contribution is 2.41. The van der Waals surface area contributed by atoms with Crippen LogP contribution in [0.5, 0.6) is 0 Å². The van der Waals surface area contributed by atoms with E-state index in [0.29, 0.717) is 39.8 Å². The number of anilines is 1. The molecule has 28 heavy (non-hydrogen) atoms. The van der Waals surface area contributed by atoms with Crippen LogP contribution in [0.2, 0.25) is 0 Å². The molecule has 0 bridgehead atoms. The maximum Gasteiger partial charge on any atom is 0.258 e. The van der Waals surface area contributed by atoms with E-state index in [0.717, 1.165) is 18.5 Å². The molecule has 2 fully saturated rings. The van der Waals surface area contributed by atoms with Crippen LogP contribution in [0.1, 0.15) is 53.0 Å². The van der Waals surface area contributed by atoms with E-state index in [-0.39, 0.29) is 23.5 Å². The molecule has 8 nitrogen and oxygen atoms in total. The number of aryl methyl sites for hydroxylation is 1. The Kier molecular flexibility index (Phi) is 4.02. The number of thiazole rings is 1. The number of hydrogen-bond acceptors (Lipinski definition) is 7. The van der Waals surface area contributed by atoms with Crippen molar-refractivity contribution in [2.75, 3.05) is 16.8 Å². The molecule has 1 aliphatic carbocycles. The van der Waals surface area contributed by atoms with Gasteiger partial charge in [-0.15, -0.1) is 11.3 Å². The first-order valence-electron chi connectivity index (χ1n) is 9.22. The van der Waals surface area contributed by atoms with E-state index in [1.165, 1.54) is 11.3 Å². The summed E-state index contributed by atoms with van der Waals surface area (Å²) in [6.07, 6.45) is 4.27. The van der Waals surface area contributed by atoms with Crippen LogP contribution in [0.4, 0.5) is 5.13 Å². The third-order valence-corrected chi connectivity index (χ3v) is 7.74. The van der Waals surface area contributed by atoms with Crippen molar-refractivity contribution in [2.45, 2.75) is 38.1 Å². The first-order chi connectivity index (χ1) is 13.4. The molecule has 1 atom stereocenters. The average Bonchev–Trinajstić information content (AvgIpc) is 3.12. The Hall–Kier alpha value is -2.33. The lowest BCUT2D eigenvalue weighted by atomic mass is 10.1. The molecule has 1 aliphatic heterocycles. The second-order valence-electron chi connectivity index (χ2n) is 7.45. The van der Waals surface area contributed by atoms with Gasteiger partial charge in [0, 0.05) is 23.2 Å². The van der Waals surface area contributed by atoms with Crippen molar-refractivity contribution in [1.29, 1.82) is 0 Å². The van der Waals surface area contributed by atoms with Crippen molar-refractivity contribution in [3.8, 4) is 0 Å². The van der Waals surface area contributed by atoms with Gasteiger partial charge in [-0.3, -0.25) is 10.1 Å². The van der Waals surface area contributed by atoms with E-state index in [4.69, 9.17) is 4.98 Å². The Labute approximate surface area is 165 Å². The third kappa shape index (κ3) is 3.10. The number of amides is 1. The molecule has 3 aromatic heterocycles. The minimum atomic E-state index is -3.05. The Bertz CT molecular complexity index is 1180. The van der Waals surface area contributed by atoms with Crippen molar-refractivity contribution in [3.05, 3.63) is 34.6 Å². The van der Waals surface area contributed by atoms with Crippen LogP contribution in [0.3, 0.4) is 0 Å². The van der Waals surface area contributed by atoms with Gasteiger partial charge in [0.1, 0.15) is 0 Å². The zero-order valence-electron chi connectivity index (χ0n) is 15.3. The number of nitrogens with one attached hydrogen (secondary N) is 1. The number of sulfone groups is 1. The first kappa shape index (κ1) is 17.7. The minimum absolute atomic E-state index is 0.0687. The molecule has 146 valence electrons. The Morgan fingerprint density at radius 2 is 2.14 bits per heavy atom. The fourth-order valence-corrected chi connectivity index (χ4v) is 5.99. The van der Waals surface area contributed by atoms with Gasteiger partial charge in [-0.05, 0) is 32.3 Å². The topological polar surface area (TPSA) is 107 Å². The zero-order chi connectivity index (χ0) is 19.5. The van der Waals surface area contributed by atoms with Gasteiger partial charge in [-0.2, -0.15) is 5.10 Å². The predicted molar refractivity (Wildman–Crippen MR) is 107 cm³/mol. The molecule has 0 radical (unpaired) electrons. The van der Waals surface area contributed by atoms with Crippen LogP contribution in [-0.2, 0) is 9.84 Å². The summed E-state index contributed by atoms with van der Waals surface area (Å²) in [5.74, 6) is 0.342. The lowest BCUT2D eigenvalue weighted by molar-refractivity contribution is 0.102. The Morgan fingerprint density at radius 1 is 1.32 bits per heavy atom. The molecule has 5 rings (SSSR count). The van der Waals surface area contributed by atoms with Crippen molar-refractivity contribution >= 4 is 43.2 Å². The van der Waals surface area contributed by atoms with Crippen molar-refractivity contribution < 1.29 is 13.2 Å². The van der Waals surface area contributed by atoms with E-state index in [9.17, 15) is 13.2 Å². The van der Waals surface area contributed by atoms with Gasteiger partial charge in [0.05, 0.1) is 34.2 Å². The van der Waals surface area contributed by atoms with Crippen molar-refractivity contribution in [2.24, 2.45) is 0 Å². The smallest absolute Gasteiger partial charge is 0.258 e. The van der Waals surface area contributed by atoms with Gasteiger partial charge in [0.15, 0.2) is 20.6 Å². The number of nitrogens with zero attached hydrogens (tertiary/aromatic N) is 4. The molecule has 3 aromatic rings. The number of pyridine rings is 1. The highest BCUT2D eigenvalue weighted by Gasteiger charge is 2.34. The van der Waals surface area contributed by atoms with Crippen LogP contribution >= 0.6 is 11.3 Å². The molecule has 1 saturated carbocycles. The normalized spacial score (nSPS) is 21.2. The largest absolute Gasteiger partial charge is 0.298 e. The standard InChI is InChI=1S/C18H19N5O3S2/c1-10-15-13(17(24)21-18-19-5-6-27-18)8-14(11-2-3-11)20-16(15)23(22-10)12-4-7-28(25,26)9-12/h5-6,8,11-12H,2-4,7,9H2,1H3,(H,19,21,24)/t12-/m1/s1. The number of carbonyl (C=O) groups excluding carboxylic acids is 1. The number of carbonyl (C=O) groups is 1. The fraction of sp³-hybridized carbons (Fsp3) is 0.444. The maximum atomic E-state index is 13.0. The maximum absolute atomic E-state index is 13.0. The number of rotatable bonds is 4. The van der Waals surface area contributed by atoms with E-state index < -0.39 is 9.84 Å². The third-order valence-electron chi connectivity index (χ3n) is 5.30. The van der Waals surface area contributed by atoms with Crippen LogP contribution in [0.25, 0.3) is 11.0 Å². The summed E-state index contributed by atoms with van der Waals surface area (Å²) in [7, 11) is -3.05. The number of aromatic nitrogens is 4. The van der Waals surface area contributed by atoms with Gasteiger partial charge in [-0.25, -0.2) is 23.1 Å². The summed E-state index contributed by atoms with van der Waals surface area (Å²) in [5.41, 5.74) is 2.68. The Balaban J connectivity index is 1.64. The summed E-state index contributed by atoms with van der Waals surface area (Å²) in [6, 6.07) is 1.62. The van der Waals surface area contributed by atoms with Gasteiger partial charge in [0.2, 0.25) is 0 Å². The van der Waals surface area contributed by atoms with Gasteiger partial charge in [-0.1, -0.05) is 0 Å². The molecule has 0 aromatic carbocycles. The predicted octanol–water partition coefficient (Wildman–Crippen LogP) is 2.69. The molecule has 1 saturated heterocycles. The average molecular weight is 418 g/mol. The molecule has 4 heterocycles. The molecule has 1 amide bonds. The highest BCUT2D eigenvalue weighted by molar-refractivity contribution is 7.91. The van der Waals surface area contributed by atoms with Gasteiger partial charge < -0.3 is 0 Å². The second-order valence-corrected chi connectivity index (χ2v) is 10.6. The number of fused-ring (bicyclic) bond motifs is 1. The van der Waals surface area contributed by atoms with Crippen LogP contribution in [0, 0.1) is 6.92 Å². The SMILES string of the molecule is Cc1nn([C@@H]2CCS(=O)(=O)C2)c2nc(C3CC3)cc(C(=O)Nc3nccs3)c12. The summed E-state index contributed by atoms with van der Waals surface area (Å²) >= 11 is 1.36. The molecular formula is C18H19N5O3S2. The molecule has 2 aliphatic rings. The molecule has 0 spiro atoms. The quantitative estimate of drug-likeness (QED) is 0.699. The molecular weight excluding hydrogens is 398 g/mol. The molecule has 10 heteroatoms. The monoisotopic (exact) mass is 417 g/mol. The molecule has 0 unspecified atom stereocenters. The fourth-order valence-electron chi connectivity index (χ4n) is 3.77. The van der Waals surface area contributed by atoms with E-state index in [1.807, 2.05) is 13.0 Å². The van der Waals surface area contributed by atoms with Gasteiger partial charge >= 0.3 is 0 Å². The number of hydrogen-bond donors (Lipinski definition) is 1. The zero-order valence-corrected chi connectivity index (χ0v) is 16.9. The minimum Gasteiger partial charge on any atom is -0.298 e. The van der Waals surface area contributed by atoms with Crippen molar-refractivity contribution in [3.63, 3.8) is 0 Å². The summed E-state index contributed by atoms with van der Waals surface area (Å²) < 4.78 is 25.7. The van der Waals surface area contributed by atoms with E-state index in [2.05, 4.69) is 15.4 Å². The van der Waals surface area contributed by atoms with E-state index in [1.54, 1.807) is 16.3 Å².